The van der Waals surface area contributed by atoms with Gasteiger partial charge in [0.2, 0.25) is 5.91 Å². The number of nitrogens with zero attached hydrogens (tertiary/aromatic N) is 1. The quantitative estimate of drug-likeness (QED) is 0.643. The van der Waals surface area contributed by atoms with E-state index in [-0.39, 0.29) is 30.9 Å². The first-order valence-electron chi connectivity index (χ1n) is 10.5. The van der Waals surface area contributed by atoms with Gasteiger partial charge in [-0.25, -0.2) is 4.79 Å². The minimum atomic E-state index is -0.996. The number of methoxy groups -OCH3 is 1. The third kappa shape index (κ3) is 4.70. The number of aliphatic hydroxyl groups is 2. The maximum absolute atomic E-state index is 12.8. The van der Waals surface area contributed by atoms with Gasteiger partial charge in [0.15, 0.2) is 0 Å². The minimum Gasteiger partial charge on any atom is -0.496 e. The lowest BCUT2D eigenvalue weighted by atomic mass is 9.91. The third-order valence-electron chi connectivity index (χ3n) is 5.87. The van der Waals surface area contributed by atoms with Crippen molar-refractivity contribution in [2.24, 2.45) is 0 Å². The second-order valence-corrected chi connectivity index (χ2v) is 8.73. The summed E-state index contributed by atoms with van der Waals surface area (Å²) in [7, 11) is 3.11. The molecule has 2 heterocycles. The largest absolute Gasteiger partial charge is 0.496 e. The Labute approximate surface area is 181 Å². The number of hydrogen-bond acceptors (Lipinski definition) is 7. The zero-order chi connectivity index (χ0) is 22.9. The highest BCUT2D eigenvalue weighted by Crippen LogP contribution is 2.43. The molecule has 170 valence electrons. The van der Waals surface area contributed by atoms with Crippen LogP contribution in [0.25, 0.3) is 11.0 Å². The summed E-state index contributed by atoms with van der Waals surface area (Å²) in [5.41, 5.74) is 1.70. The SMILES string of the molecule is COc1cc2c(c3oc(=O)c(CCC(=O)N(C)CC(O)CO)c(C)c13)CCC(C)(C)O2. The van der Waals surface area contributed by atoms with Crippen LogP contribution < -0.4 is 15.1 Å². The first-order chi connectivity index (χ1) is 14.6. The normalized spacial score (nSPS) is 15.8. The smallest absolute Gasteiger partial charge is 0.339 e. The average molecular weight is 434 g/mol. The summed E-state index contributed by atoms with van der Waals surface area (Å²) in [5, 5.41) is 19.2. The Morgan fingerprint density at radius 2 is 2.10 bits per heavy atom. The lowest BCUT2D eigenvalue weighted by molar-refractivity contribution is -0.131. The van der Waals surface area contributed by atoms with E-state index in [0.717, 1.165) is 29.4 Å². The van der Waals surface area contributed by atoms with Gasteiger partial charge in [-0.15, -0.1) is 0 Å². The van der Waals surface area contributed by atoms with Crippen LogP contribution in [0.15, 0.2) is 15.3 Å². The highest BCUT2D eigenvalue weighted by molar-refractivity contribution is 5.92. The molecule has 8 nitrogen and oxygen atoms in total. The second-order valence-electron chi connectivity index (χ2n) is 8.73. The molecule has 0 aliphatic carbocycles. The number of aryl methyl sites for hydroxylation is 2. The van der Waals surface area contributed by atoms with E-state index in [0.29, 0.717) is 22.6 Å². The van der Waals surface area contributed by atoms with Gasteiger partial charge in [0.25, 0.3) is 0 Å². The Hall–Kier alpha value is -2.58. The van der Waals surface area contributed by atoms with Crippen molar-refractivity contribution in [3.05, 3.63) is 33.2 Å². The summed E-state index contributed by atoms with van der Waals surface area (Å²) in [6.45, 7) is 5.48. The van der Waals surface area contributed by atoms with E-state index in [2.05, 4.69) is 0 Å². The van der Waals surface area contributed by atoms with Crippen LogP contribution in [0.3, 0.4) is 0 Å². The molecule has 1 unspecified atom stereocenters. The van der Waals surface area contributed by atoms with Crippen LogP contribution in [0.4, 0.5) is 0 Å². The molecule has 0 radical (unpaired) electrons. The van der Waals surface area contributed by atoms with E-state index in [1.807, 2.05) is 26.8 Å². The summed E-state index contributed by atoms with van der Waals surface area (Å²) < 4.78 is 17.4. The van der Waals surface area contributed by atoms with Crippen LogP contribution in [0.5, 0.6) is 11.5 Å². The van der Waals surface area contributed by atoms with E-state index in [1.165, 1.54) is 4.90 Å². The fourth-order valence-electron chi connectivity index (χ4n) is 4.03. The fraction of sp³-hybridized carbons (Fsp3) is 0.565. The lowest BCUT2D eigenvalue weighted by Gasteiger charge is -2.33. The van der Waals surface area contributed by atoms with E-state index < -0.39 is 18.3 Å². The van der Waals surface area contributed by atoms with E-state index in [4.69, 9.17) is 19.0 Å². The van der Waals surface area contributed by atoms with Crippen LogP contribution >= 0.6 is 0 Å². The number of amides is 1. The number of aliphatic hydroxyl groups excluding tert-OH is 2. The Kier molecular flexibility index (Phi) is 6.62. The Balaban J connectivity index is 1.96. The van der Waals surface area contributed by atoms with Gasteiger partial charge < -0.3 is 29.0 Å². The Bertz CT molecular complexity index is 1040. The number of carbonyl (C=O) groups excluding carboxylic acids is 1. The third-order valence-corrected chi connectivity index (χ3v) is 5.87. The molecular formula is C23H31NO7. The topological polar surface area (TPSA) is 109 Å². The molecule has 31 heavy (non-hydrogen) atoms. The first kappa shape index (κ1) is 23.1. The number of carbonyl (C=O) groups is 1. The summed E-state index contributed by atoms with van der Waals surface area (Å²) in [6.07, 6.45) is 0.805. The summed E-state index contributed by atoms with van der Waals surface area (Å²) in [4.78, 5) is 26.6. The molecule has 0 saturated heterocycles. The van der Waals surface area contributed by atoms with Crippen molar-refractivity contribution in [3.63, 3.8) is 0 Å². The van der Waals surface area contributed by atoms with Crippen molar-refractivity contribution in [1.29, 1.82) is 0 Å². The molecule has 1 atom stereocenters. The van der Waals surface area contributed by atoms with Crippen molar-refractivity contribution >= 4 is 16.9 Å². The van der Waals surface area contributed by atoms with Crippen LogP contribution in [0, 0.1) is 6.92 Å². The van der Waals surface area contributed by atoms with Crippen molar-refractivity contribution in [2.75, 3.05) is 27.3 Å². The highest BCUT2D eigenvalue weighted by atomic mass is 16.5. The lowest BCUT2D eigenvalue weighted by Crippen LogP contribution is -2.36. The summed E-state index contributed by atoms with van der Waals surface area (Å²) in [5.74, 6) is 0.984. The van der Waals surface area contributed by atoms with E-state index >= 15 is 0 Å². The van der Waals surface area contributed by atoms with Gasteiger partial charge in [-0.1, -0.05) is 0 Å². The second kappa shape index (κ2) is 8.88. The molecule has 0 fully saturated rings. The van der Waals surface area contributed by atoms with Crippen LogP contribution in [-0.4, -0.2) is 60.0 Å². The molecule has 3 rings (SSSR count). The van der Waals surface area contributed by atoms with Crippen LogP contribution in [0.2, 0.25) is 0 Å². The summed E-state index contributed by atoms with van der Waals surface area (Å²) >= 11 is 0. The molecule has 2 N–H and O–H groups in total. The molecule has 1 amide bonds. The van der Waals surface area contributed by atoms with E-state index in [9.17, 15) is 14.7 Å². The first-order valence-corrected chi connectivity index (χ1v) is 10.5. The highest BCUT2D eigenvalue weighted by Gasteiger charge is 2.31. The van der Waals surface area contributed by atoms with Gasteiger partial charge in [-0.05, 0) is 45.6 Å². The van der Waals surface area contributed by atoms with Crippen molar-refractivity contribution < 1.29 is 28.9 Å². The maximum atomic E-state index is 12.8. The number of likely N-dealkylation sites (N-methyl/N-ethyl adjacent to an activating group) is 1. The maximum Gasteiger partial charge on any atom is 0.339 e. The molecule has 1 aromatic carbocycles. The molecule has 1 aliphatic heterocycles. The van der Waals surface area contributed by atoms with E-state index in [1.54, 1.807) is 14.2 Å². The molecule has 0 bridgehead atoms. The molecule has 1 aliphatic rings. The average Bonchev–Trinajstić information content (AvgIpc) is 2.71. The predicted molar refractivity (Wildman–Crippen MR) is 116 cm³/mol. The van der Waals surface area contributed by atoms with Gasteiger partial charge >= 0.3 is 5.63 Å². The minimum absolute atomic E-state index is 0.0248. The molecule has 0 spiro atoms. The number of ether oxygens (including phenoxy) is 2. The van der Waals surface area contributed by atoms with Crippen molar-refractivity contribution in [1.82, 2.24) is 4.90 Å². The van der Waals surface area contributed by atoms with Gasteiger partial charge in [-0.3, -0.25) is 4.79 Å². The number of benzene rings is 1. The zero-order valence-electron chi connectivity index (χ0n) is 18.8. The molecule has 0 saturated carbocycles. The van der Waals surface area contributed by atoms with Gasteiger partial charge in [0, 0.05) is 37.2 Å². The molecular weight excluding hydrogens is 402 g/mol. The Morgan fingerprint density at radius 3 is 2.74 bits per heavy atom. The van der Waals surface area contributed by atoms with Gasteiger partial charge in [-0.2, -0.15) is 0 Å². The number of hydrogen-bond donors (Lipinski definition) is 2. The molecule has 1 aromatic heterocycles. The Morgan fingerprint density at radius 1 is 1.39 bits per heavy atom. The number of fused-ring (bicyclic) bond motifs is 3. The molecule has 8 heteroatoms. The van der Waals surface area contributed by atoms with Gasteiger partial charge in [0.1, 0.15) is 22.7 Å². The van der Waals surface area contributed by atoms with Crippen molar-refractivity contribution in [2.45, 2.75) is 58.2 Å². The predicted octanol–water partition coefficient (Wildman–Crippen LogP) is 1.96. The van der Waals surface area contributed by atoms with Gasteiger partial charge in [0.05, 0.1) is 25.2 Å². The fourth-order valence-corrected chi connectivity index (χ4v) is 4.03. The summed E-state index contributed by atoms with van der Waals surface area (Å²) in [6, 6.07) is 1.84. The van der Waals surface area contributed by atoms with Crippen LogP contribution in [-0.2, 0) is 17.6 Å². The standard InChI is InChI=1S/C23H31NO7/c1-13-15(6-7-19(27)24(4)11-14(26)12-25)22(28)30-21-16-8-9-23(2,3)31-17(16)10-18(29-5)20(13)21/h10,14,25-26H,6-9,11-12H2,1-5H3. The molecule has 2 aromatic rings. The van der Waals surface area contributed by atoms with Crippen LogP contribution in [0.1, 0.15) is 43.4 Å². The zero-order valence-corrected chi connectivity index (χ0v) is 18.8. The van der Waals surface area contributed by atoms with Crippen molar-refractivity contribution in [3.8, 4) is 11.5 Å². The monoisotopic (exact) mass is 433 g/mol. The number of rotatable bonds is 7.